The monoisotopic (exact) mass is 380 g/mol. The van der Waals surface area contributed by atoms with E-state index < -0.39 is 18.0 Å². The van der Waals surface area contributed by atoms with Crippen LogP contribution in [-0.4, -0.2) is 43.5 Å². The Morgan fingerprint density at radius 3 is 2.82 bits per heavy atom. The maximum atomic E-state index is 12.3. The summed E-state index contributed by atoms with van der Waals surface area (Å²) in [5.41, 5.74) is 0.207. The van der Waals surface area contributed by atoms with E-state index in [2.05, 4.69) is 0 Å². The molecule has 6 nitrogen and oxygen atoms in total. The van der Waals surface area contributed by atoms with Crippen LogP contribution < -0.4 is 4.74 Å². The van der Waals surface area contributed by atoms with Crippen LogP contribution in [0.5, 0.6) is 5.75 Å². The van der Waals surface area contributed by atoms with Gasteiger partial charge in [-0.3, -0.25) is 11.2 Å². The summed E-state index contributed by atoms with van der Waals surface area (Å²) in [5.74, 6) is -0.866. The molecule has 1 radical (unpaired) electrons. The Morgan fingerprint density at radius 2 is 2.05 bits per heavy atom. The number of hydrogen-bond donors (Lipinski definition) is 0. The van der Waals surface area contributed by atoms with Crippen molar-refractivity contribution in [3.63, 3.8) is 0 Å². The number of benzene rings is 1. The van der Waals surface area contributed by atoms with Crippen LogP contribution in [0.3, 0.4) is 0 Å². The average molecular weight is 380 g/mol. The third-order valence-electron chi connectivity index (χ3n) is 3.38. The van der Waals surface area contributed by atoms with Gasteiger partial charge in [-0.15, -0.1) is 0 Å². The molecular formula is C15H15O6Y-. The van der Waals surface area contributed by atoms with E-state index in [1.807, 2.05) is 6.42 Å². The second-order valence-electron chi connectivity index (χ2n) is 4.87. The van der Waals surface area contributed by atoms with Crippen LogP contribution in [0.4, 0.5) is 0 Å². The van der Waals surface area contributed by atoms with Crippen molar-refractivity contribution in [3.8, 4) is 5.75 Å². The molecule has 0 bridgehead atoms. The van der Waals surface area contributed by atoms with E-state index >= 15 is 0 Å². The summed E-state index contributed by atoms with van der Waals surface area (Å²) in [4.78, 5) is 23.3. The van der Waals surface area contributed by atoms with Gasteiger partial charge in [0, 0.05) is 39.6 Å². The molecule has 115 valence electrons. The number of ether oxygens (including phenoxy) is 4. The summed E-state index contributed by atoms with van der Waals surface area (Å²) in [5, 5.41) is 0. The van der Waals surface area contributed by atoms with Crippen LogP contribution >= 0.6 is 0 Å². The van der Waals surface area contributed by atoms with Crippen molar-refractivity contribution >= 4 is 11.9 Å². The second-order valence-corrected chi connectivity index (χ2v) is 4.87. The van der Waals surface area contributed by atoms with Crippen molar-refractivity contribution in [1.82, 2.24) is 0 Å². The first-order chi connectivity index (χ1) is 10.1. The Morgan fingerprint density at radius 1 is 1.27 bits per heavy atom. The third kappa shape index (κ3) is 3.74. The molecule has 3 rings (SSSR count). The van der Waals surface area contributed by atoms with Gasteiger partial charge in [-0.25, -0.2) is 4.79 Å². The fraction of sp³-hybridized carbons (Fsp3) is 0.400. The summed E-state index contributed by atoms with van der Waals surface area (Å²) in [6.45, 7) is 2.07. The number of carbonyl (C=O) groups is 2. The second kappa shape index (κ2) is 7.64. The Labute approximate surface area is 153 Å². The predicted molar refractivity (Wildman–Crippen MR) is 70.7 cm³/mol. The van der Waals surface area contributed by atoms with Crippen LogP contribution in [0.1, 0.15) is 17.3 Å². The minimum atomic E-state index is -0.559. The maximum absolute atomic E-state index is 12.3. The molecule has 0 aromatic heterocycles. The van der Waals surface area contributed by atoms with Crippen LogP contribution in [0.2, 0.25) is 0 Å². The van der Waals surface area contributed by atoms with Crippen LogP contribution in [0.15, 0.2) is 24.3 Å². The molecule has 2 saturated heterocycles. The number of carbonyl (C=O) groups excluding carboxylic acids is 2. The SMILES string of the molecule is CC(=O)Oc1ccccc1C(=O)OC1CO[C@@H]2[CH-]CO[C@H]12.[Y]. The number of esters is 2. The third-order valence-corrected chi connectivity index (χ3v) is 3.38. The van der Waals surface area contributed by atoms with Gasteiger partial charge >= 0.3 is 11.9 Å². The fourth-order valence-electron chi connectivity index (χ4n) is 2.45. The zero-order chi connectivity index (χ0) is 14.8. The van der Waals surface area contributed by atoms with E-state index in [0.29, 0.717) is 13.2 Å². The topological polar surface area (TPSA) is 71.1 Å². The number of rotatable bonds is 3. The van der Waals surface area contributed by atoms with Crippen molar-refractivity contribution in [3.05, 3.63) is 36.2 Å². The summed E-state index contributed by atoms with van der Waals surface area (Å²) in [6, 6.07) is 6.46. The first-order valence-electron chi connectivity index (χ1n) is 6.70. The molecule has 1 aromatic rings. The van der Waals surface area contributed by atoms with E-state index in [9.17, 15) is 9.59 Å². The van der Waals surface area contributed by atoms with E-state index in [1.165, 1.54) is 6.92 Å². The fourth-order valence-corrected chi connectivity index (χ4v) is 2.45. The summed E-state index contributed by atoms with van der Waals surface area (Å²) >= 11 is 0. The normalized spacial score (nSPS) is 26.0. The number of fused-ring (bicyclic) bond motifs is 1. The van der Waals surface area contributed by atoms with Gasteiger partial charge in [0.15, 0.2) is 6.10 Å². The minimum absolute atomic E-state index is 0. The summed E-state index contributed by atoms with van der Waals surface area (Å²) in [7, 11) is 0. The Kier molecular flexibility index (Phi) is 6.09. The molecule has 2 aliphatic heterocycles. The molecule has 0 spiro atoms. The van der Waals surface area contributed by atoms with E-state index in [0.717, 1.165) is 0 Å². The van der Waals surface area contributed by atoms with Crippen molar-refractivity contribution in [2.75, 3.05) is 13.2 Å². The van der Waals surface area contributed by atoms with Gasteiger partial charge in [0.05, 0.1) is 12.7 Å². The van der Waals surface area contributed by atoms with Gasteiger partial charge in [-0.05, 0) is 18.2 Å². The van der Waals surface area contributed by atoms with Crippen molar-refractivity contribution < 1.29 is 61.2 Å². The molecule has 2 heterocycles. The van der Waals surface area contributed by atoms with Gasteiger partial charge in [-0.1, -0.05) is 18.7 Å². The predicted octanol–water partition coefficient (Wildman–Crippen LogP) is 1.14. The molecule has 0 N–H and O–H groups in total. The molecule has 2 aliphatic rings. The molecule has 0 saturated carbocycles. The standard InChI is InChI=1S/C15H15O6.Y/c1-9(16)20-11-5-3-2-4-10(11)15(17)21-13-8-19-12-6-7-18-14(12)13;/h2-6,12-14H,7-8H2,1H3;/q-1;/t12-,13?,14+;/m1./s1. The average Bonchev–Trinajstić information content (AvgIpc) is 3.03. The zero-order valence-electron chi connectivity index (χ0n) is 12.1. The molecule has 7 heteroatoms. The largest absolute Gasteiger partial charge is 0.453 e. The Hall–Kier alpha value is -0.816. The Bertz CT molecular complexity index is 561. The molecule has 2 fully saturated rings. The van der Waals surface area contributed by atoms with Crippen molar-refractivity contribution in [2.45, 2.75) is 25.2 Å². The first-order valence-corrected chi connectivity index (χ1v) is 6.70. The van der Waals surface area contributed by atoms with E-state index in [4.69, 9.17) is 18.9 Å². The number of para-hydroxylation sites is 1. The van der Waals surface area contributed by atoms with Gasteiger partial charge < -0.3 is 18.9 Å². The molecule has 3 atom stereocenters. The maximum Gasteiger partial charge on any atom is 0.342 e. The van der Waals surface area contributed by atoms with E-state index in [-0.39, 0.29) is 56.2 Å². The Balaban J connectivity index is 0.00000176. The smallest absolute Gasteiger partial charge is 0.342 e. The molecule has 0 amide bonds. The van der Waals surface area contributed by atoms with Crippen LogP contribution in [0, 0.1) is 6.42 Å². The van der Waals surface area contributed by atoms with Gasteiger partial charge in [0.2, 0.25) is 0 Å². The van der Waals surface area contributed by atoms with E-state index in [1.54, 1.807) is 24.3 Å². The zero-order valence-corrected chi connectivity index (χ0v) is 14.9. The molecule has 22 heavy (non-hydrogen) atoms. The summed E-state index contributed by atoms with van der Waals surface area (Å²) in [6.07, 6.45) is 1.08. The minimum Gasteiger partial charge on any atom is -0.453 e. The summed E-state index contributed by atoms with van der Waals surface area (Å²) < 4.78 is 21.4. The van der Waals surface area contributed by atoms with Gasteiger partial charge in [-0.2, -0.15) is 0 Å². The molecule has 1 unspecified atom stereocenters. The van der Waals surface area contributed by atoms with Crippen molar-refractivity contribution in [2.24, 2.45) is 0 Å². The first kappa shape index (κ1) is 17.5. The van der Waals surface area contributed by atoms with Gasteiger partial charge in [0.25, 0.3) is 0 Å². The molecule has 1 aromatic carbocycles. The van der Waals surface area contributed by atoms with Gasteiger partial charge in [0.1, 0.15) is 11.3 Å². The molecular weight excluding hydrogens is 365 g/mol. The van der Waals surface area contributed by atoms with Crippen molar-refractivity contribution in [1.29, 1.82) is 0 Å². The quantitative estimate of drug-likeness (QED) is 0.445. The molecule has 0 aliphatic carbocycles. The van der Waals surface area contributed by atoms with Crippen LogP contribution in [0.25, 0.3) is 0 Å². The van der Waals surface area contributed by atoms with Crippen LogP contribution in [-0.2, 0) is 51.7 Å². The number of hydrogen-bond acceptors (Lipinski definition) is 6.